The standard InChI is InChI=1S/C7H3Br2NS2/c8-5-3-11-7(10-5)4-1-2-6(9)12-4/h1-3H. The molecule has 0 radical (unpaired) electrons. The van der Waals surface area contributed by atoms with Crippen LogP contribution in [0.2, 0.25) is 0 Å². The minimum absolute atomic E-state index is 0.909. The highest BCUT2D eigenvalue weighted by molar-refractivity contribution is 9.11. The lowest BCUT2D eigenvalue weighted by molar-refractivity contribution is 1.37. The fourth-order valence-corrected chi connectivity index (χ4v) is 3.51. The van der Waals surface area contributed by atoms with E-state index in [1.807, 2.05) is 11.4 Å². The largest absolute Gasteiger partial charge is 0.228 e. The zero-order chi connectivity index (χ0) is 8.55. The number of aromatic nitrogens is 1. The van der Waals surface area contributed by atoms with E-state index in [2.05, 4.69) is 42.9 Å². The number of thiazole rings is 1. The Morgan fingerprint density at radius 3 is 2.58 bits per heavy atom. The average Bonchev–Trinajstić information content (AvgIpc) is 2.58. The molecule has 12 heavy (non-hydrogen) atoms. The predicted octanol–water partition coefficient (Wildman–Crippen LogP) is 4.40. The first-order valence-electron chi connectivity index (χ1n) is 3.12. The second-order valence-electron chi connectivity index (χ2n) is 2.08. The van der Waals surface area contributed by atoms with Crippen LogP contribution >= 0.6 is 54.5 Å². The van der Waals surface area contributed by atoms with Crippen molar-refractivity contribution in [1.82, 2.24) is 4.98 Å². The molecular formula is C7H3Br2NS2. The van der Waals surface area contributed by atoms with Gasteiger partial charge < -0.3 is 0 Å². The summed E-state index contributed by atoms with van der Waals surface area (Å²) in [6.45, 7) is 0. The Bertz CT molecular complexity index is 355. The van der Waals surface area contributed by atoms with Crippen molar-refractivity contribution in [2.24, 2.45) is 0 Å². The lowest BCUT2D eigenvalue weighted by Gasteiger charge is -1.84. The van der Waals surface area contributed by atoms with Crippen molar-refractivity contribution < 1.29 is 0 Å². The molecule has 2 aromatic heterocycles. The van der Waals surface area contributed by atoms with Gasteiger partial charge in [0.15, 0.2) is 0 Å². The molecule has 0 amide bonds. The first kappa shape index (κ1) is 8.87. The van der Waals surface area contributed by atoms with E-state index in [0.717, 1.165) is 13.4 Å². The zero-order valence-electron chi connectivity index (χ0n) is 5.75. The number of thiophene rings is 1. The number of nitrogens with zero attached hydrogens (tertiary/aromatic N) is 1. The van der Waals surface area contributed by atoms with Crippen LogP contribution < -0.4 is 0 Å². The Balaban J connectivity index is 2.43. The maximum absolute atomic E-state index is 4.32. The molecule has 2 aromatic rings. The molecule has 0 bridgehead atoms. The fraction of sp³-hybridized carbons (Fsp3) is 0. The predicted molar refractivity (Wildman–Crippen MR) is 60.8 cm³/mol. The van der Waals surface area contributed by atoms with Crippen LogP contribution in [0.25, 0.3) is 9.88 Å². The van der Waals surface area contributed by atoms with Gasteiger partial charge in [-0.1, -0.05) is 0 Å². The smallest absolute Gasteiger partial charge is 0.134 e. The van der Waals surface area contributed by atoms with Crippen LogP contribution in [0.3, 0.4) is 0 Å². The minimum atomic E-state index is 0.909. The molecular weight excluding hydrogens is 322 g/mol. The highest BCUT2D eigenvalue weighted by atomic mass is 79.9. The first-order chi connectivity index (χ1) is 5.75. The second kappa shape index (κ2) is 3.57. The third-order valence-corrected chi connectivity index (χ3v) is 4.60. The topological polar surface area (TPSA) is 12.9 Å². The van der Waals surface area contributed by atoms with Crippen molar-refractivity contribution in [3.05, 3.63) is 25.9 Å². The lowest BCUT2D eigenvalue weighted by atomic mass is 10.5. The van der Waals surface area contributed by atoms with Crippen LogP contribution in [-0.4, -0.2) is 4.98 Å². The third-order valence-electron chi connectivity index (χ3n) is 1.26. The maximum Gasteiger partial charge on any atom is 0.134 e. The molecule has 0 aliphatic heterocycles. The molecule has 2 rings (SSSR count). The summed E-state index contributed by atoms with van der Waals surface area (Å²) >= 11 is 10.1. The molecule has 0 saturated carbocycles. The molecule has 0 aliphatic carbocycles. The Morgan fingerprint density at radius 2 is 2.08 bits per heavy atom. The van der Waals surface area contributed by atoms with Gasteiger partial charge in [-0.3, -0.25) is 0 Å². The molecule has 0 unspecified atom stereocenters. The summed E-state index contributed by atoms with van der Waals surface area (Å²) < 4.78 is 2.05. The lowest BCUT2D eigenvalue weighted by Crippen LogP contribution is -1.66. The van der Waals surface area contributed by atoms with Crippen LogP contribution in [0, 0.1) is 0 Å². The molecule has 0 aliphatic rings. The highest BCUT2D eigenvalue weighted by Gasteiger charge is 2.04. The van der Waals surface area contributed by atoms with Crippen LogP contribution in [0.4, 0.5) is 0 Å². The maximum atomic E-state index is 4.32. The van der Waals surface area contributed by atoms with Crippen molar-refractivity contribution in [3.8, 4) is 9.88 Å². The quantitative estimate of drug-likeness (QED) is 0.757. The van der Waals surface area contributed by atoms with E-state index in [0.29, 0.717) is 0 Å². The summed E-state index contributed by atoms with van der Waals surface area (Å²) in [5.74, 6) is 0. The number of halogens is 2. The summed E-state index contributed by atoms with van der Waals surface area (Å²) in [5, 5.41) is 3.06. The normalized spacial score (nSPS) is 10.5. The van der Waals surface area contributed by atoms with Crippen molar-refractivity contribution in [2.75, 3.05) is 0 Å². The van der Waals surface area contributed by atoms with Gasteiger partial charge in [-0.15, -0.1) is 22.7 Å². The monoisotopic (exact) mass is 323 g/mol. The molecule has 0 fully saturated rings. The molecule has 62 valence electrons. The molecule has 0 aromatic carbocycles. The van der Waals surface area contributed by atoms with Gasteiger partial charge in [-0.05, 0) is 44.0 Å². The Morgan fingerprint density at radius 1 is 1.25 bits per heavy atom. The third kappa shape index (κ3) is 1.79. The number of hydrogen-bond acceptors (Lipinski definition) is 3. The molecule has 0 atom stereocenters. The molecule has 2 heterocycles. The highest BCUT2D eigenvalue weighted by Crippen LogP contribution is 2.33. The van der Waals surface area contributed by atoms with Gasteiger partial charge in [0.1, 0.15) is 9.61 Å². The first-order valence-corrected chi connectivity index (χ1v) is 6.40. The van der Waals surface area contributed by atoms with E-state index in [-0.39, 0.29) is 0 Å². The summed E-state index contributed by atoms with van der Waals surface area (Å²) in [5.41, 5.74) is 0. The summed E-state index contributed by atoms with van der Waals surface area (Å²) in [7, 11) is 0. The van der Waals surface area contributed by atoms with Crippen LogP contribution in [0.5, 0.6) is 0 Å². The number of hydrogen-bond donors (Lipinski definition) is 0. The fourth-order valence-electron chi connectivity index (χ4n) is 0.797. The van der Waals surface area contributed by atoms with E-state index in [4.69, 9.17) is 0 Å². The van der Waals surface area contributed by atoms with E-state index in [9.17, 15) is 0 Å². The van der Waals surface area contributed by atoms with E-state index >= 15 is 0 Å². The van der Waals surface area contributed by atoms with Crippen LogP contribution in [-0.2, 0) is 0 Å². The van der Waals surface area contributed by atoms with Crippen LogP contribution in [0.1, 0.15) is 0 Å². The van der Waals surface area contributed by atoms with Gasteiger partial charge in [0, 0.05) is 5.38 Å². The van der Waals surface area contributed by atoms with Gasteiger partial charge in [0.05, 0.1) is 8.66 Å². The van der Waals surface area contributed by atoms with Crippen molar-refractivity contribution >= 4 is 54.5 Å². The summed E-state index contributed by atoms with van der Waals surface area (Å²) in [6.07, 6.45) is 0. The van der Waals surface area contributed by atoms with Crippen LogP contribution in [0.15, 0.2) is 25.9 Å². The minimum Gasteiger partial charge on any atom is -0.228 e. The molecule has 1 nitrogen and oxygen atoms in total. The average molecular weight is 325 g/mol. The molecule has 5 heteroatoms. The Kier molecular flexibility index (Phi) is 2.64. The Hall–Kier alpha value is 0.290. The summed E-state index contributed by atoms with van der Waals surface area (Å²) in [6, 6.07) is 4.11. The zero-order valence-corrected chi connectivity index (χ0v) is 10.6. The molecule has 0 saturated heterocycles. The van der Waals surface area contributed by atoms with Gasteiger partial charge in [-0.25, -0.2) is 4.98 Å². The van der Waals surface area contributed by atoms with Crippen molar-refractivity contribution in [1.29, 1.82) is 0 Å². The van der Waals surface area contributed by atoms with E-state index in [1.54, 1.807) is 22.7 Å². The van der Waals surface area contributed by atoms with Gasteiger partial charge >= 0.3 is 0 Å². The van der Waals surface area contributed by atoms with Gasteiger partial charge in [0.25, 0.3) is 0 Å². The SMILES string of the molecule is Brc1csc(-c2ccc(Br)s2)n1. The summed E-state index contributed by atoms with van der Waals surface area (Å²) in [4.78, 5) is 5.53. The molecule has 0 spiro atoms. The van der Waals surface area contributed by atoms with Crippen molar-refractivity contribution in [3.63, 3.8) is 0 Å². The molecule has 0 N–H and O–H groups in total. The van der Waals surface area contributed by atoms with E-state index < -0.39 is 0 Å². The Labute approximate surface area is 94.7 Å². The van der Waals surface area contributed by atoms with Crippen molar-refractivity contribution in [2.45, 2.75) is 0 Å². The number of rotatable bonds is 1. The van der Waals surface area contributed by atoms with Gasteiger partial charge in [-0.2, -0.15) is 0 Å². The van der Waals surface area contributed by atoms with Gasteiger partial charge in [0.2, 0.25) is 0 Å². The second-order valence-corrected chi connectivity index (χ2v) is 6.21. The van der Waals surface area contributed by atoms with E-state index in [1.165, 1.54) is 4.88 Å².